The van der Waals surface area contributed by atoms with E-state index < -0.39 is 11.7 Å². The first-order valence-electron chi connectivity index (χ1n) is 7.87. The van der Waals surface area contributed by atoms with Crippen molar-refractivity contribution in [3.8, 4) is 0 Å². The molecule has 0 saturated heterocycles. The first-order chi connectivity index (χ1) is 12.3. The van der Waals surface area contributed by atoms with E-state index in [0.29, 0.717) is 11.5 Å². The molecule has 0 unspecified atom stereocenters. The van der Waals surface area contributed by atoms with Crippen molar-refractivity contribution in [2.24, 2.45) is 9.98 Å². The highest BCUT2D eigenvalue weighted by molar-refractivity contribution is 6.39. The molecule has 2 aromatic rings. The first kappa shape index (κ1) is 19.5. The molecule has 7 nitrogen and oxygen atoms in total. The van der Waals surface area contributed by atoms with Gasteiger partial charge in [-0.1, -0.05) is 12.1 Å². The molecule has 0 atom stereocenters. The van der Waals surface area contributed by atoms with Crippen molar-refractivity contribution in [3.05, 3.63) is 47.4 Å². The highest BCUT2D eigenvalue weighted by atomic mass is 35.5. The zero-order valence-corrected chi connectivity index (χ0v) is 15.8. The Kier molecular flexibility index (Phi) is 6.41. The van der Waals surface area contributed by atoms with Gasteiger partial charge in [-0.2, -0.15) is 4.99 Å². The van der Waals surface area contributed by atoms with Gasteiger partial charge in [0, 0.05) is 30.7 Å². The Morgan fingerprint density at radius 1 is 1.23 bits per heavy atom. The normalized spacial score (nSPS) is 12.3. The van der Waals surface area contributed by atoms with Crippen molar-refractivity contribution in [2.75, 3.05) is 12.4 Å². The van der Waals surface area contributed by atoms with Crippen molar-refractivity contribution in [1.82, 2.24) is 9.97 Å². The zero-order valence-electron chi connectivity index (χ0n) is 15.0. The van der Waals surface area contributed by atoms with Crippen LogP contribution in [0.4, 0.5) is 16.3 Å². The van der Waals surface area contributed by atoms with E-state index in [0.717, 1.165) is 11.3 Å². The summed E-state index contributed by atoms with van der Waals surface area (Å²) in [5, 5.41) is 3.28. The van der Waals surface area contributed by atoms with E-state index in [2.05, 4.69) is 25.3 Å². The number of benzene rings is 1. The van der Waals surface area contributed by atoms with Crippen LogP contribution in [0.1, 0.15) is 26.3 Å². The summed E-state index contributed by atoms with van der Waals surface area (Å²) in [6, 6.07) is 9.00. The van der Waals surface area contributed by atoms with Crippen molar-refractivity contribution in [2.45, 2.75) is 26.4 Å². The Morgan fingerprint density at radius 2 is 1.92 bits per heavy atom. The molecular formula is C18H20ClN5O2. The summed E-state index contributed by atoms with van der Waals surface area (Å²) in [6.07, 6.45) is 2.41. The topological polar surface area (TPSA) is 88.8 Å². The summed E-state index contributed by atoms with van der Waals surface area (Å²) >= 11 is 5.77. The summed E-state index contributed by atoms with van der Waals surface area (Å²) in [6.45, 7) is 5.36. The number of hydrogen-bond donors (Lipinski definition) is 1. The number of ether oxygens (including phenoxy) is 1. The minimum Gasteiger partial charge on any atom is -0.442 e. The fraction of sp³-hybridized carbons (Fsp3) is 0.278. The number of rotatable bonds is 4. The minimum absolute atomic E-state index is 0.164. The van der Waals surface area contributed by atoms with Crippen LogP contribution in [0.25, 0.3) is 0 Å². The van der Waals surface area contributed by atoms with Crippen LogP contribution in [0.3, 0.4) is 0 Å². The molecule has 0 aliphatic rings. The maximum atomic E-state index is 11.9. The predicted octanol–water partition coefficient (Wildman–Crippen LogP) is 4.30. The number of nitrogens with one attached hydrogen (secondary N) is 1. The van der Waals surface area contributed by atoms with Crippen molar-refractivity contribution in [1.29, 1.82) is 0 Å². The van der Waals surface area contributed by atoms with Gasteiger partial charge >= 0.3 is 6.09 Å². The van der Waals surface area contributed by atoms with Crippen LogP contribution in [-0.4, -0.2) is 40.6 Å². The van der Waals surface area contributed by atoms with Crippen molar-refractivity contribution >= 4 is 41.1 Å². The largest absolute Gasteiger partial charge is 0.442 e. The smallest absolute Gasteiger partial charge is 0.434 e. The highest BCUT2D eigenvalue weighted by Gasteiger charge is 2.16. The third-order valence-electron chi connectivity index (χ3n) is 2.94. The van der Waals surface area contributed by atoms with E-state index in [1.165, 1.54) is 6.21 Å². The molecule has 1 N–H and O–H groups in total. The Bertz CT molecular complexity index is 826. The molecule has 0 spiro atoms. The Labute approximate surface area is 157 Å². The van der Waals surface area contributed by atoms with Gasteiger partial charge in [-0.05, 0) is 50.6 Å². The molecule has 1 aromatic carbocycles. The zero-order chi connectivity index (χ0) is 19.2. The molecular weight excluding hydrogens is 354 g/mol. The fourth-order valence-electron chi connectivity index (χ4n) is 1.95. The molecule has 0 fully saturated rings. The van der Waals surface area contributed by atoms with Gasteiger partial charge in [-0.15, -0.1) is 0 Å². The van der Waals surface area contributed by atoms with Crippen LogP contribution in [0, 0.1) is 0 Å². The van der Waals surface area contributed by atoms with E-state index in [9.17, 15) is 4.79 Å². The number of amides is 1. The van der Waals surface area contributed by atoms with Gasteiger partial charge < -0.3 is 10.1 Å². The molecule has 0 bridgehead atoms. The first-order valence-corrected chi connectivity index (χ1v) is 8.24. The standard InChI is InChI=1S/C18H20ClN5O2/c1-18(2,3)26-17(25)23-14(11-20-4)12-5-7-13(8-6-12)22-15-9-10-21-16(19)24-15/h5-11H,1-4H3,(H,21,22,24)/b20-11-,23-14+. The number of aliphatic imine (C=N–C) groups is 2. The van der Waals surface area contributed by atoms with E-state index in [1.807, 2.05) is 24.3 Å². The van der Waals surface area contributed by atoms with E-state index >= 15 is 0 Å². The monoisotopic (exact) mass is 373 g/mol. The van der Waals surface area contributed by atoms with Gasteiger partial charge in [0.2, 0.25) is 5.28 Å². The summed E-state index contributed by atoms with van der Waals surface area (Å²) in [5.41, 5.74) is 1.33. The molecule has 8 heteroatoms. The quantitative estimate of drug-likeness (QED) is 0.637. The maximum absolute atomic E-state index is 11.9. The van der Waals surface area contributed by atoms with Crippen molar-refractivity contribution in [3.63, 3.8) is 0 Å². The SMILES string of the molecule is C/N=C\C(=N/C(=O)OC(C)(C)C)c1ccc(Nc2ccnc(Cl)n2)cc1. The number of halogens is 1. The van der Waals surface area contributed by atoms with Gasteiger partial charge in [0.1, 0.15) is 11.4 Å². The molecule has 0 saturated carbocycles. The van der Waals surface area contributed by atoms with Crippen LogP contribution in [-0.2, 0) is 4.74 Å². The van der Waals surface area contributed by atoms with Gasteiger partial charge in [-0.25, -0.2) is 14.8 Å². The molecule has 136 valence electrons. The van der Waals surface area contributed by atoms with Crippen LogP contribution in [0.2, 0.25) is 5.28 Å². The second kappa shape index (κ2) is 8.53. The second-order valence-corrected chi connectivity index (χ2v) is 6.62. The number of anilines is 2. The number of hydrogen-bond acceptors (Lipinski definition) is 6. The second-order valence-electron chi connectivity index (χ2n) is 6.28. The molecule has 0 aliphatic heterocycles. The van der Waals surface area contributed by atoms with Gasteiger partial charge in [-0.3, -0.25) is 4.99 Å². The summed E-state index contributed by atoms with van der Waals surface area (Å²) in [7, 11) is 1.61. The molecule has 2 rings (SSSR count). The van der Waals surface area contributed by atoms with E-state index in [1.54, 1.807) is 40.1 Å². The Balaban J connectivity index is 2.18. The number of aromatic nitrogens is 2. The summed E-state index contributed by atoms with van der Waals surface area (Å²) in [5.74, 6) is 0.579. The fourth-order valence-corrected chi connectivity index (χ4v) is 2.10. The summed E-state index contributed by atoms with van der Waals surface area (Å²) < 4.78 is 5.22. The lowest BCUT2D eigenvalue weighted by atomic mass is 10.1. The van der Waals surface area contributed by atoms with Crippen LogP contribution in [0.5, 0.6) is 0 Å². The van der Waals surface area contributed by atoms with Gasteiger partial charge in [0.15, 0.2) is 0 Å². The minimum atomic E-state index is -0.662. The van der Waals surface area contributed by atoms with Gasteiger partial charge in [0.05, 0.1) is 5.71 Å². The highest BCUT2D eigenvalue weighted by Crippen LogP contribution is 2.17. The molecule has 0 radical (unpaired) electrons. The molecule has 1 aromatic heterocycles. The van der Waals surface area contributed by atoms with Gasteiger partial charge in [0.25, 0.3) is 0 Å². The van der Waals surface area contributed by atoms with Crippen LogP contribution >= 0.6 is 11.6 Å². The molecule has 26 heavy (non-hydrogen) atoms. The lowest BCUT2D eigenvalue weighted by Crippen LogP contribution is -2.23. The van der Waals surface area contributed by atoms with E-state index in [-0.39, 0.29) is 5.28 Å². The Hall–Kier alpha value is -2.80. The average Bonchev–Trinajstić information content (AvgIpc) is 2.53. The number of nitrogens with zero attached hydrogens (tertiary/aromatic N) is 4. The lowest BCUT2D eigenvalue weighted by molar-refractivity contribution is 0.0605. The number of carbonyl (C=O) groups excluding carboxylic acids is 1. The molecule has 1 heterocycles. The number of carbonyl (C=O) groups is 1. The average molecular weight is 374 g/mol. The Morgan fingerprint density at radius 3 is 2.50 bits per heavy atom. The van der Waals surface area contributed by atoms with Crippen LogP contribution in [0.15, 0.2) is 46.5 Å². The predicted molar refractivity (Wildman–Crippen MR) is 104 cm³/mol. The maximum Gasteiger partial charge on any atom is 0.434 e. The van der Waals surface area contributed by atoms with E-state index in [4.69, 9.17) is 16.3 Å². The summed E-state index contributed by atoms with van der Waals surface area (Å²) in [4.78, 5) is 27.8. The lowest BCUT2D eigenvalue weighted by Gasteiger charge is -2.17. The molecule has 1 amide bonds. The molecule has 0 aliphatic carbocycles. The van der Waals surface area contributed by atoms with Crippen molar-refractivity contribution < 1.29 is 9.53 Å². The third kappa shape index (κ3) is 6.25. The third-order valence-corrected chi connectivity index (χ3v) is 3.12. The van der Waals surface area contributed by atoms with Crippen LogP contribution < -0.4 is 5.32 Å².